The third-order valence-corrected chi connectivity index (χ3v) is 4.26. The van der Waals surface area contributed by atoms with E-state index in [4.69, 9.17) is 0 Å². The Bertz CT molecular complexity index is 749. The molecule has 0 saturated heterocycles. The summed E-state index contributed by atoms with van der Waals surface area (Å²) in [6.07, 6.45) is 5.22. The zero-order valence-electron chi connectivity index (χ0n) is 11.7. The third-order valence-electron chi connectivity index (χ3n) is 4.26. The van der Waals surface area contributed by atoms with Gasteiger partial charge < -0.3 is 6.15 Å². The summed E-state index contributed by atoms with van der Waals surface area (Å²) in [5, 5.41) is 5.64. The maximum absolute atomic E-state index is 2.35. The van der Waals surface area contributed by atoms with Crippen LogP contribution < -0.4 is 6.15 Å². The Labute approximate surface area is 127 Å². The fraction of sp³-hybridized carbons (Fsp3) is 0.222. The van der Waals surface area contributed by atoms with Gasteiger partial charge in [0.25, 0.3) is 0 Å². The maximum atomic E-state index is 2.35. The lowest BCUT2D eigenvalue weighted by molar-refractivity contribution is 0.690. The Balaban J connectivity index is 0.000000735. The highest BCUT2D eigenvalue weighted by Crippen LogP contribution is 2.32. The number of benzene rings is 3. The van der Waals surface area contributed by atoms with Gasteiger partial charge in [-0.1, -0.05) is 48.5 Å². The van der Waals surface area contributed by atoms with Gasteiger partial charge in [0.2, 0.25) is 0 Å². The van der Waals surface area contributed by atoms with Gasteiger partial charge in [-0.05, 0) is 58.4 Å². The van der Waals surface area contributed by atoms with Crippen molar-refractivity contribution in [1.82, 2.24) is 6.15 Å². The molecule has 0 unspecified atom stereocenters. The van der Waals surface area contributed by atoms with Gasteiger partial charge in [0.1, 0.15) is 0 Å². The van der Waals surface area contributed by atoms with E-state index >= 15 is 0 Å². The summed E-state index contributed by atoms with van der Waals surface area (Å²) >= 11 is 0. The minimum absolute atomic E-state index is 0. The molecular weight excluding hydrogens is 262 g/mol. The Morgan fingerprint density at radius 2 is 1.40 bits per heavy atom. The van der Waals surface area contributed by atoms with Gasteiger partial charge in [-0.2, -0.15) is 13.5 Å². The Hall–Kier alpha value is -1.51. The number of hydrogen-bond acceptors (Lipinski definition) is 1. The van der Waals surface area contributed by atoms with Gasteiger partial charge in [-0.25, -0.2) is 0 Å². The second kappa shape index (κ2) is 5.86. The zero-order chi connectivity index (χ0) is 11.9. The lowest BCUT2D eigenvalue weighted by atomic mass is 9.86. The first-order valence-electron chi connectivity index (χ1n) is 6.86. The van der Waals surface area contributed by atoms with E-state index < -0.39 is 0 Å². The SMILES string of the molecule is N.S.c1ccc2c(c1)ccc1c3c(ccc12)CCCC3. The molecule has 3 aromatic rings. The van der Waals surface area contributed by atoms with Crippen molar-refractivity contribution in [3.63, 3.8) is 0 Å². The molecule has 0 atom stereocenters. The molecule has 104 valence electrons. The molecule has 1 aliphatic rings. The molecule has 20 heavy (non-hydrogen) atoms. The third kappa shape index (κ3) is 2.19. The first kappa shape index (κ1) is 14.9. The summed E-state index contributed by atoms with van der Waals surface area (Å²) in [6, 6.07) is 18.0. The fourth-order valence-corrected chi connectivity index (χ4v) is 3.34. The fourth-order valence-electron chi connectivity index (χ4n) is 3.34. The summed E-state index contributed by atoms with van der Waals surface area (Å²) in [4.78, 5) is 0. The molecule has 0 aromatic heterocycles. The molecule has 0 heterocycles. The van der Waals surface area contributed by atoms with E-state index in [1.165, 1.54) is 47.2 Å². The number of rotatable bonds is 0. The lowest BCUT2D eigenvalue weighted by Crippen LogP contribution is -2.02. The van der Waals surface area contributed by atoms with Crippen LogP contribution in [0, 0.1) is 0 Å². The Kier molecular flexibility index (Phi) is 4.36. The number of hydrogen-bond donors (Lipinski definition) is 1. The van der Waals surface area contributed by atoms with Gasteiger partial charge in [0.05, 0.1) is 0 Å². The molecule has 0 aliphatic heterocycles. The van der Waals surface area contributed by atoms with E-state index in [0.29, 0.717) is 0 Å². The van der Waals surface area contributed by atoms with E-state index in [9.17, 15) is 0 Å². The summed E-state index contributed by atoms with van der Waals surface area (Å²) in [7, 11) is 0. The minimum Gasteiger partial charge on any atom is -0.344 e. The van der Waals surface area contributed by atoms with Crippen molar-refractivity contribution < 1.29 is 0 Å². The highest BCUT2D eigenvalue weighted by atomic mass is 32.1. The van der Waals surface area contributed by atoms with Gasteiger partial charge in [0.15, 0.2) is 0 Å². The van der Waals surface area contributed by atoms with E-state index in [1.54, 1.807) is 11.1 Å². The van der Waals surface area contributed by atoms with Gasteiger partial charge >= 0.3 is 0 Å². The van der Waals surface area contributed by atoms with Crippen molar-refractivity contribution in [3.8, 4) is 0 Å². The summed E-state index contributed by atoms with van der Waals surface area (Å²) < 4.78 is 0. The predicted octanol–water partition coefficient (Wildman–Crippen LogP) is 5.15. The average molecular weight is 283 g/mol. The number of fused-ring (bicyclic) bond motifs is 5. The normalized spacial score (nSPS) is 13.4. The highest BCUT2D eigenvalue weighted by molar-refractivity contribution is 7.59. The smallest absolute Gasteiger partial charge is 0.0102 e. The molecule has 0 radical (unpaired) electrons. The maximum Gasteiger partial charge on any atom is -0.0102 e. The summed E-state index contributed by atoms with van der Waals surface area (Å²) in [5.74, 6) is 0. The summed E-state index contributed by atoms with van der Waals surface area (Å²) in [6.45, 7) is 0. The van der Waals surface area contributed by atoms with Crippen molar-refractivity contribution in [2.45, 2.75) is 25.7 Å². The van der Waals surface area contributed by atoms with Crippen LogP contribution in [0.1, 0.15) is 24.0 Å². The molecule has 4 rings (SSSR count). The van der Waals surface area contributed by atoms with Crippen LogP contribution in [0.5, 0.6) is 0 Å². The van der Waals surface area contributed by atoms with Crippen molar-refractivity contribution >= 4 is 35.0 Å². The molecule has 0 bridgehead atoms. The van der Waals surface area contributed by atoms with Crippen molar-refractivity contribution in [1.29, 1.82) is 0 Å². The Morgan fingerprint density at radius 1 is 0.650 bits per heavy atom. The molecule has 3 N–H and O–H groups in total. The second-order valence-electron chi connectivity index (χ2n) is 5.29. The van der Waals surface area contributed by atoms with Crippen LogP contribution in [-0.4, -0.2) is 0 Å². The molecule has 2 heteroatoms. The van der Waals surface area contributed by atoms with E-state index in [2.05, 4.69) is 48.5 Å². The molecule has 1 aliphatic carbocycles. The largest absolute Gasteiger partial charge is 0.344 e. The average Bonchev–Trinajstić information content (AvgIpc) is 2.46. The van der Waals surface area contributed by atoms with Gasteiger partial charge in [-0.15, -0.1) is 0 Å². The van der Waals surface area contributed by atoms with Gasteiger partial charge in [0, 0.05) is 0 Å². The zero-order valence-corrected chi connectivity index (χ0v) is 12.7. The molecule has 0 amide bonds. The van der Waals surface area contributed by atoms with Crippen LogP contribution in [0.3, 0.4) is 0 Å². The van der Waals surface area contributed by atoms with E-state index in [0.717, 1.165) is 0 Å². The van der Waals surface area contributed by atoms with Crippen LogP contribution in [0.15, 0.2) is 48.5 Å². The van der Waals surface area contributed by atoms with Crippen LogP contribution in [0.2, 0.25) is 0 Å². The predicted molar refractivity (Wildman–Crippen MR) is 93.5 cm³/mol. The molecule has 0 fully saturated rings. The quantitative estimate of drug-likeness (QED) is 0.569. The number of aryl methyl sites for hydroxylation is 2. The van der Waals surface area contributed by atoms with Crippen molar-refractivity contribution in [3.05, 3.63) is 59.7 Å². The van der Waals surface area contributed by atoms with E-state index in [-0.39, 0.29) is 19.6 Å². The van der Waals surface area contributed by atoms with Crippen LogP contribution in [0.4, 0.5) is 0 Å². The minimum atomic E-state index is 0. The molecule has 3 aromatic carbocycles. The summed E-state index contributed by atoms with van der Waals surface area (Å²) in [5.41, 5.74) is 3.17. The second-order valence-corrected chi connectivity index (χ2v) is 5.29. The van der Waals surface area contributed by atoms with E-state index in [1.807, 2.05) is 0 Å². The van der Waals surface area contributed by atoms with Gasteiger partial charge in [-0.3, -0.25) is 0 Å². The van der Waals surface area contributed by atoms with Crippen LogP contribution >= 0.6 is 13.5 Å². The highest BCUT2D eigenvalue weighted by Gasteiger charge is 2.12. The van der Waals surface area contributed by atoms with Crippen molar-refractivity contribution in [2.24, 2.45) is 0 Å². The van der Waals surface area contributed by atoms with Crippen LogP contribution in [-0.2, 0) is 12.8 Å². The van der Waals surface area contributed by atoms with Crippen LogP contribution in [0.25, 0.3) is 21.5 Å². The monoisotopic (exact) mass is 283 g/mol. The molecule has 1 nitrogen and oxygen atoms in total. The topological polar surface area (TPSA) is 35.0 Å². The first-order chi connectivity index (χ1) is 8.93. The molecule has 0 spiro atoms. The molecular formula is C18H21NS. The lowest BCUT2D eigenvalue weighted by Gasteiger charge is -2.18. The first-order valence-corrected chi connectivity index (χ1v) is 6.86. The molecule has 0 saturated carbocycles. The van der Waals surface area contributed by atoms with Crippen molar-refractivity contribution in [2.75, 3.05) is 0 Å². The standard InChI is InChI=1S/C18H16.H3N.H2S/c1-3-7-15-13(5-1)9-11-18-16-8-4-2-6-14(16)10-12-17(15)18;;/h1,3,5,7,9-12H,2,4,6,8H2;1H3;1H2. The Morgan fingerprint density at radius 3 is 2.30 bits per heavy atom.